The van der Waals surface area contributed by atoms with Crippen LogP contribution in [0.3, 0.4) is 0 Å². The number of nitrogens with one attached hydrogen (secondary N) is 2. The Balaban J connectivity index is 1.50. The molecule has 1 aromatic heterocycles. The number of carbonyl (C=O) groups excluding carboxylic acids is 1. The molecule has 0 radical (unpaired) electrons. The molecule has 0 unspecified atom stereocenters. The number of anilines is 1. The zero-order valence-corrected chi connectivity index (χ0v) is 18.2. The summed E-state index contributed by atoms with van der Waals surface area (Å²) in [5.41, 5.74) is -0.269. The van der Waals surface area contributed by atoms with Gasteiger partial charge in [0.25, 0.3) is 5.91 Å². The number of alkyl halides is 3. The third-order valence-electron chi connectivity index (χ3n) is 5.32. The minimum atomic E-state index is -4.53. The van der Waals surface area contributed by atoms with Crippen LogP contribution < -0.4 is 15.4 Å². The molecule has 0 atom stereocenters. The second kappa shape index (κ2) is 9.96. The van der Waals surface area contributed by atoms with Crippen molar-refractivity contribution in [3.63, 3.8) is 0 Å². The normalized spacial score (nSPS) is 19.0. The predicted molar refractivity (Wildman–Crippen MR) is 114 cm³/mol. The van der Waals surface area contributed by atoms with Gasteiger partial charge in [-0.25, -0.2) is 4.98 Å². The van der Waals surface area contributed by atoms with Crippen LogP contribution in [-0.4, -0.2) is 30.6 Å². The van der Waals surface area contributed by atoms with Crippen LogP contribution in [0.5, 0.6) is 5.88 Å². The lowest BCUT2D eigenvalue weighted by molar-refractivity contribution is -0.137. The van der Waals surface area contributed by atoms with E-state index in [9.17, 15) is 18.0 Å². The SMILES string of the molecule is COc1ncc(NC[C@H]2CC[C@H](NC(=O)c3cc(C(F)(F)F)ccc3Cl)CC2)cc1Cl. The van der Waals surface area contributed by atoms with Gasteiger partial charge in [-0.1, -0.05) is 23.2 Å². The summed E-state index contributed by atoms with van der Waals surface area (Å²) in [5, 5.41) is 6.54. The minimum Gasteiger partial charge on any atom is -0.480 e. The van der Waals surface area contributed by atoms with Crippen LogP contribution in [0, 0.1) is 5.92 Å². The maximum atomic E-state index is 12.9. The Kier molecular flexibility index (Phi) is 7.54. The average Bonchev–Trinajstić information content (AvgIpc) is 2.72. The van der Waals surface area contributed by atoms with Gasteiger partial charge < -0.3 is 15.4 Å². The van der Waals surface area contributed by atoms with Gasteiger partial charge in [0, 0.05) is 12.6 Å². The Morgan fingerprint density at radius 3 is 2.48 bits per heavy atom. The van der Waals surface area contributed by atoms with Crippen molar-refractivity contribution in [2.75, 3.05) is 19.0 Å². The van der Waals surface area contributed by atoms with Crippen LogP contribution in [0.25, 0.3) is 0 Å². The molecule has 1 amide bonds. The summed E-state index contributed by atoms with van der Waals surface area (Å²) in [4.78, 5) is 16.6. The van der Waals surface area contributed by atoms with Crippen molar-refractivity contribution in [2.45, 2.75) is 37.9 Å². The fourth-order valence-corrected chi connectivity index (χ4v) is 4.03. The van der Waals surface area contributed by atoms with Gasteiger partial charge in [0.1, 0.15) is 5.02 Å². The van der Waals surface area contributed by atoms with Gasteiger partial charge in [-0.05, 0) is 55.9 Å². The number of ether oxygens (including phenoxy) is 1. The quantitative estimate of drug-likeness (QED) is 0.552. The van der Waals surface area contributed by atoms with Crippen molar-refractivity contribution < 1.29 is 22.7 Å². The first-order chi connectivity index (χ1) is 14.7. The van der Waals surface area contributed by atoms with Gasteiger partial charge >= 0.3 is 6.18 Å². The number of aromatic nitrogens is 1. The van der Waals surface area contributed by atoms with Gasteiger partial charge in [-0.2, -0.15) is 13.2 Å². The van der Waals surface area contributed by atoms with Crippen LogP contribution in [0.2, 0.25) is 10.0 Å². The van der Waals surface area contributed by atoms with Crippen molar-refractivity contribution in [3.05, 3.63) is 51.6 Å². The molecule has 1 fully saturated rings. The van der Waals surface area contributed by atoms with E-state index in [1.54, 1.807) is 12.3 Å². The van der Waals surface area contributed by atoms with E-state index >= 15 is 0 Å². The molecule has 31 heavy (non-hydrogen) atoms. The maximum Gasteiger partial charge on any atom is 0.416 e. The van der Waals surface area contributed by atoms with E-state index in [1.165, 1.54) is 7.11 Å². The Hall–Kier alpha value is -2.19. The highest BCUT2D eigenvalue weighted by molar-refractivity contribution is 6.33. The number of carbonyl (C=O) groups is 1. The van der Waals surface area contributed by atoms with Crippen molar-refractivity contribution in [1.82, 2.24) is 10.3 Å². The number of halogens is 5. The fourth-order valence-electron chi connectivity index (χ4n) is 3.58. The number of rotatable bonds is 6. The largest absolute Gasteiger partial charge is 0.480 e. The Morgan fingerprint density at radius 1 is 1.16 bits per heavy atom. The van der Waals surface area contributed by atoms with E-state index in [2.05, 4.69) is 15.6 Å². The summed E-state index contributed by atoms with van der Waals surface area (Å²) in [6.45, 7) is 0.727. The second-order valence-corrected chi connectivity index (χ2v) is 8.29. The number of pyridine rings is 1. The monoisotopic (exact) mass is 475 g/mol. The van der Waals surface area contributed by atoms with E-state index in [-0.39, 0.29) is 16.6 Å². The molecule has 3 rings (SSSR count). The van der Waals surface area contributed by atoms with Crippen LogP contribution in [0.1, 0.15) is 41.6 Å². The molecule has 2 aromatic rings. The molecule has 1 aliphatic rings. The Labute approximate surface area is 188 Å². The summed E-state index contributed by atoms with van der Waals surface area (Å²) < 4.78 is 43.8. The van der Waals surface area contributed by atoms with Crippen LogP contribution >= 0.6 is 23.2 Å². The number of hydrogen-bond acceptors (Lipinski definition) is 4. The molecule has 10 heteroatoms. The van der Waals surface area contributed by atoms with Gasteiger partial charge in [0.05, 0.1) is 35.1 Å². The zero-order chi connectivity index (χ0) is 22.6. The second-order valence-electron chi connectivity index (χ2n) is 7.48. The number of amides is 1. The summed E-state index contributed by atoms with van der Waals surface area (Å²) in [7, 11) is 1.50. The first-order valence-corrected chi connectivity index (χ1v) is 10.5. The van der Waals surface area contributed by atoms with E-state index in [4.69, 9.17) is 27.9 Å². The smallest absolute Gasteiger partial charge is 0.416 e. The summed E-state index contributed by atoms with van der Waals surface area (Å²) in [6, 6.07) is 4.40. The van der Waals surface area contributed by atoms with Gasteiger partial charge in [-0.3, -0.25) is 4.79 Å². The number of benzene rings is 1. The average molecular weight is 476 g/mol. The lowest BCUT2D eigenvalue weighted by atomic mass is 9.86. The number of methoxy groups -OCH3 is 1. The van der Waals surface area contributed by atoms with E-state index in [1.807, 2.05) is 0 Å². The lowest BCUT2D eigenvalue weighted by Crippen LogP contribution is -2.38. The molecule has 1 aliphatic carbocycles. The summed E-state index contributed by atoms with van der Waals surface area (Å²) >= 11 is 12.0. The maximum absolute atomic E-state index is 12.9. The van der Waals surface area contributed by atoms with Gasteiger partial charge in [0.2, 0.25) is 5.88 Å². The third-order valence-corrected chi connectivity index (χ3v) is 5.92. The highest BCUT2D eigenvalue weighted by Crippen LogP contribution is 2.32. The minimum absolute atomic E-state index is 0.00449. The van der Waals surface area contributed by atoms with Crippen LogP contribution in [-0.2, 0) is 6.18 Å². The molecular weight excluding hydrogens is 454 g/mol. The molecule has 2 N–H and O–H groups in total. The highest BCUT2D eigenvalue weighted by Gasteiger charge is 2.32. The first-order valence-electron chi connectivity index (χ1n) is 9.78. The molecule has 168 valence electrons. The summed E-state index contributed by atoms with van der Waals surface area (Å²) in [6.07, 6.45) is 0.313. The van der Waals surface area contributed by atoms with Crippen molar-refractivity contribution >= 4 is 34.8 Å². The highest BCUT2D eigenvalue weighted by atomic mass is 35.5. The Morgan fingerprint density at radius 2 is 1.87 bits per heavy atom. The van der Waals surface area contributed by atoms with Gasteiger partial charge in [-0.15, -0.1) is 0 Å². The molecule has 1 aromatic carbocycles. The van der Waals surface area contributed by atoms with Crippen LogP contribution in [0.4, 0.5) is 18.9 Å². The predicted octanol–water partition coefficient (Wildman–Crippen LogP) is 5.82. The first kappa shape index (κ1) is 23.5. The molecule has 0 spiro atoms. The molecule has 1 saturated carbocycles. The van der Waals surface area contributed by atoms with Crippen molar-refractivity contribution in [3.8, 4) is 5.88 Å². The fraction of sp³-hybridized carbons (Fsp3) is 0.429. The zero-order valence-electron chi connectivity index (χ0n) is 16.7. The number of hydrogen-bond donors (Lipinski definition) is 2. The van der Waals surface area contributed by atoms with E-state index in [0.29, 0.717) is 16.8 Å². The molecule has 5 nitrogen and oxygen atoms in total. The Bertz CT molecular complexity index is 933. The topological polar surface area (TPSA) is 63.2 Å². The standard InChI is InChI=1S/C21H22Cl2F3N3O2/c1-31-20-18(23)9-15(11-28-20)27-10-12-2-5-14(6-3-12)29-19(30)16-8-13(21(24,25)26)4-7-17(16)22/h4,7-9,11-12,14,27H,2-3,5-6,10H2,1H3,(H,29,30)/t12-,14-. The lowest BCUT2D eigenvalue weighted by Gasteiger charge is -2.29. The summed E-state index contributed by atoms with van der Waals surface area (Å²) in [5.74, 6) is 0.173. The molecule has 0 bridgehead atoms. The van der Waals surface area contributed by atoms with Crippen molar-refractivity contribution in [1.29, 1.82) is 0 Å². The molecule has 0 saturated heterocycles. The van der Waals surface area contributed by atoms with Crippen molar-refractivity contribution in [2.24, 2.45) is 5.92 Å². The van der Waals surface area contributed by atoms with E-state index < -0.39 is 17.6 Å². The molecule has 1 heterocycles. The molecular formula is C21H22Cl2F3N3O2. The third kappa shape index (κ3) is 6.17. The van der Waals surface area contributed by atoms with Gasteiger partial charge in [0.15, 0.2) is 0 Å². The van der Waals surface area contributed by atoms with E-state index in [0.717, 1.165) is 56.1 Å². The molecule has 0 aliphatic heterocycles. The van der Waals surface area contributed by atoms with Crippen LogP contribution in [0.15, 0.2) is 30.5 Å². The number of nitrogens with zero attached hydrogens (tertiary/aromatic N) is 1.